The van der Waals surface area contributed by atoms with Crippen molar-refractivity contribution < 1.29 is 19.1 Å². The molecule has 1 aromatic rings. The van der Waals surface area contributed by atoms with E-state index in [0.29, 0.717) is 58.2 Å². The lowest BCUT2D eigenvalue weighted by Crippen LogP contribution is -2.52. The smallest absolute Gasteiger partial charge is 0.234 e. The first-order chi connectivity index (χ1) is 14.5. The maximum atomic E-state index is 13.0. The van der Waals surface area contributed by atoms with Gasteiger partial charge in [-0.1, -0.05) is 18.2 Å². The average molecular weight is 415 g/mol. The second kappa shape index (κ2) is 10.2. The van der Waals surface area contributed by atoms with Gasteiger partial charge in [0, 0.05) is 45.7 Å². The minimum Gasteiger partial charge on any atom is -0.492 e. The monoisotopic (exact) mass is 414 g/mol. The molecule has 162 valence electrons. The molecule has 1 unspecified atom stereocenters. The van der Waals surface area contributed by atoms with Crippen LogP contribution in [-0.4, -0.2) is 79.9 Å². The Hall–Kier alpha value is -2.87. The molecule has 0 bridgehead atoms. The predicted octanol–water partition coefficient (Wildman–Crippen LogP) is 0.885. The quantitative estimate of drug-likeness (QED) is 0.639. The Balaban J connectivity index is 1.54. The summed E-state index contributed by atoms with van der Waals surface area (Å²) in [6, 6.07) is 7.43. The van der Waals surface area contributed by atoms with Gasteiger partial charge in [-0.2, -0.15) is 0 Å². The molecule has 8 heteroatoms. The van der Waals surface area contributed by atoms with Gasteiger partial charge >= 0.3 is 0 Å². The summed E-state index contributed by atoms with van der Waals surface area (Å²) in [5.41, 5.74) is 0.718. The Bertz CT molecular complexity index is 789. The lowest BCUT2D eigenvalue weighted by molar-refractivity contribution is -0.137. The van der Waals surface area contributed by atoms with Gasteiger partial charge in [-0.25, -0.2) is 0 Å². The van der Waals surface area contributed by atoms with E-state index >= 15 is 0 Å². The van der Waals surface area contributed by atoms with Gasteiger partial charge in [-0.3, -0.25) is 19.3 Å². The van der Waals surface area contributed by atoms with E-state index in [1.165, 1.54) is 0 Å². The van der Waals surface area contributed by atoms with Crippen LogP contribution in [0.25, 0.3) is 0 Å². The third kappa shape index (κ3) is 5.18. The number of hydrogen-bond donors (Lipinski definition) is 1. The van der Waals surface area contributed by atoms with Crippen molar-refractivity contribution in [2.75, 3.05) is 57.3 Å². The lowest BCUT2D eigenvalue weighted by Gasteiger charge is -2.35. The Morgan fingerprint density at radius 1 is 1.23 bits per heavy atom. The van der Waals surface area contributed by atoms with Crippen LogP contribution >= 0.6 is 0 Å². The van der Waals surface area contributed by atoms with Crippen molar-refractivity contribution in [3.63, 3.8) is 0 Å². The molecular weight excluding hydrogens is 384 g/mol. The van der Waals surface area contributed by atoms with E-state index in [4.69, 9.17) is 4.74 Å². The molecule has 1 aromatic carbocycles. The summed E-state index contributed by atoms with van der Waals surface area (Å²) < 4.78 is 5.64. The summed E-state index contributed by atoms with van der Waals surface area (Å²) in [5, 5.41) is 2.76. The fourth-order valence-corrected chi connectivity index (χ4v) is 3.89. The number of para-hydroxylation sites is 2. The van der Waals surface area contributed by atoms with Gasteiger partial charge in [0.1, 0.15) is 5.75 Å². The maximum absolute atomic E-state index is 13.0. The highest BCUT2D eigenvalue weighted by Crippen LogP contribution is 2.33. The molecule has 30 heavy (non-hydrogen) atoms. The van der Waals surface area contributed by atoms with Crippen molar-refractivity contribution in [2.24, 2.45) is 5.92 Å². The van der Waals surface area contributed by atoms with E-state index in [-0.39, 0.29) is 30.1 Å². The zero-order chi connectivity index (χ0) is 21.5. The van der Waals surface area contributed by atoms with Crippen LogP contribution in [0.3, 0.4) is 0 Å². The predicted molar refractivity (Wildman–Crippen MR) is 114 cm³/mol. The van der Waals surface area contributed by atoms with Gasteiger partial charge in [-0.15, -0.1) is 6.58 Å². The van der Waals surface area contributed by atoms with Gasteiger partial charge in [0.25, 0.3) is 0 Å². The molecule has 2 heterocycles. The molecule has 3 rings (SSSR count). The number of nitrogens with one attached hydrogen (secondary N) is 1. The second-order valence-corrected chi connectivity index (χ2v) is 7.50. The zero-order valence-corrected chi connectivity index (χ0v) is 17.5. The number of nitrogens with zero attached hydrogens (tertiary/aromatic N) is 3. The Morgan fingerprint density at radius 2 is 1.97 bits per heavy atom. The maximum Gasteiger partial charge on any atom is 0.234 e. The van der Waals surface area contributed by atoms with Crippen LogP contribution in [0.15, 0.2) is 36.9 Å². The van der Waals surface area contributed by atoms with E-state index in [0.717, 1.165) is 5.69 Å². The number of rotatable bonds is 8. The van der Waals surface area contributed by atoms with Gasteiger partial charge in [0.2, 0.25) is 17.7 Å². The van der Waals surface area contributed by atoms with E-state index in [1.54, 1.807) is 11.0 Å². The molecule has 0 saturated carbocycles. The van der Waals surface area contributed by atoms with Crippen molar-refractivity contribution in [3.8, 4) is 5.75 Å². The topological polar surface area (TPSA) is 82.2 Å². The molecule has 0 radical (unpaired) electrons. The average Bonchev–Trinajstić information content (AvgIpc) is 3.14. The molecule has 1 N–H and O–H groups in total. The summed E-state index contributed by atoms with van der Waals surface area (Å²) in [5.74, 6) is 0.215. The number of hydrogen-bond acceptors (Lipinski definition) is 5. The molecule has 2 aliphatic rings. The summed E-state index contributed by atoms with van der Waals surface area (Å²) in [6.07, 6.45) is 1.86. The van der Waals surface area contributed by atoms with Crippen LogP contribution in [0, 0.1) is 5.92 Å². The first-order valence-electron chi connectivity index (χ1n) is 10.4. The van der Waals surface area contributed by atoms with Crippen LogP contribution < -0.4 is 15.0 Å². The number of amides is 3. The Labute approximate surface area is 177 Å². The largest absolute Gasteiger partial charge is 0.492 e. The van der Waals surface area contributed by atoms with E-state index in [2.05, 4.69) is 11.9 Å². The highest BCUT2D eigenvalue weighted by atomic mass is 16.5. The van der Waals surface area contributed by atoms with E-state index < -0.39 is 0 Å². The molecule has 2 aliphatic heterocycles. The summed E-state index contributed by atoms with van der Waals surface area (Å²) >= 11 is 0. The number of benzene rings is 1. The molecule has 2 saturated heterocycles. The van der Waals surface area contributed by atoms with Crippen molar-refractivity contribution in [2.45, 2.75) is 13.3 Å². The third-order valence-corrected chi connectivity index (χ3v) is 5.42. The second-order valence-electron chi connectivity index (χ2n) is 7.50. The number of carbonyl (C=O) groups is 3. The standard InChI is InChI=1S/C22H30N4O4/c1-3-9-23-20(27)16-24-10-12-25(13-11-24)22(29)17-14-21(28)26(15-17)18-7-5-6-8-19(18)30-4-2/h3,5-8,17H,1,4,9-16H2,2H3,(H,23,27). The van der Waals surface area contributed by atoms with E-state index in [9.17, 15) is 14.4 Å². The highest BCUT2D eigenvalue weighted by Gasteiger charge is 2.38. The molecular formula is C22H30N4O4. The highest BCUT2D eigenvalue weighted by molar-refractivity contribution is 6.01. The number of ether oxygens (including phenoxy) is 1. The summed E-state index contributed by atoms with van der Waals surface area (Å²) in [6.45, 7) is 9.55. The molecule has 8 nitrogen and oxygen atoms in total. The van der Waals surface area contributed by atoms with Crippen LogP contribution in [0.4, 0.5) is 5.69 Å². The SMILES string of the molecule is C=CCNC(=O)CN1CCN(C(=O)C2CC(=O)N(c3ccccc3OCC)C2)CC1. The Kier molecular flexibility index (Phi) is 7.46. The molecule has 0 spiro atoms. The number of carbonyl (C=O) groups excluding carboxylic acids is 3. The molecule has 3 amide bonds. The van der Waals surface area contributed by atoms with Crippen LogP contribution in [0.2, 0.25) is 0 Å². The van der Waals surface area contributed by atoms with Gasteiger partial charge < -0.3 is 19.9 Å². The van der Waals surface area contributed by atoms with Crippen LogP contribution in [-0.2, 0) is 14.4 Å². The first kappa shape index (κ1) is 21.8. The zero-order valence-electron chi connectivity index (χ0n) is 17.5. The fourth-order valence-electron chi connectivity index (χ4n) is 3.89. The Morgan fingerprint density at radius 3 is 2.67 bits per heavy atom. The minimum absolute atomic E-state index is 0.00972. The van der Waals surface area contributed by atoms with Crippen LogP contribution in [0.5, 0.6) is 5.75 Å². The van der Waals surface area contributed by atoms with Crippen molar-refractivity contribution >= 4 is 23.4 Å². The molecule has 0 aromatic heterocycles. The minimum atomic E-state index is -0.352. The molecule has 1 atom stereocenters. The number of anilines is 1. The van der Waals surface area contributed by atoms with E-state index in [1.807, 2.05) is 41.0 Å². The first-order valence-corrected chi connectivity index (χ1v) is 10.4. The summed E-state index contributed by atoms with van der Waals surface area (Å²) in [7, 11) is 0. The van der Waals surface area contributed by atoms with Gasteiger partial charge in [0.05, 0.1) is 24.8 Å². The van der Waals surface area contributed by atoms with Crippen molar-refractivity contribution in [3.05, 3.63) is 36.9 Å². The van der Waals surface area contributed by atoms with Gasteiger partial charge in [-0.05, 0) is 19.1 Å². The van der Waals surface area contributed by atoms with Crippen molar-refractivity contribution in [1.29, 1.82) is 0 Å². The lowest BCUT2D eigenvalue weighted by atomic mass is 10.1. The number of piperazine rings is 1. The van der Waals surface area contributed by atoms with Crippen molar-refractivity contribution in [1.82, 2.24) is 15.1 Å². The molecule has 2 fully saturated rings. The summed E-state index contributed by atoms with van der Waals surface area (Å²) in [4.78, 5) is 43.0. The molecule has 0 aliphatic carbocycles. The fraction of sp³-hybridized carbons (Fsp3) is 0.500. The third-order valence-electron chi connectivity index (χ3n) is 5.42. The normalized spacial score (nSPS) is 19.6. The van der Waals surface area contributed by atoms with Gasteiger partial charge in [0.15, 0.2) is 0 Å². The van der Waals surface area contributed by atoms with Crippen LogP contribution in [0.1, 0.15) is 13.3 Å².